The van der Waals surface area contributed by atoms with Gasteiger partial charge in [0.15, 0.2) is 0 Å². The number of aromatic nitrogens is 3. The molecular weight excluding hydrogens is 272 g/mol. The fourth-order valence-electron chi connectivity index (χ4n) is 1.42. The maximum Gasteiger partial charge on any atom is 0.323 e. The number of rotatable bonds is 10. The van der Waals surface area contributed by atoms with Crippen LogP contribution in [0.4, 0.5) is 11.9 Å². The normalized spacial score (nSPS) is 10.0. The van der Waals surface area contributed by atoms with Gasteiger partial charge in [-0.25, -0.2) is 0 Å². The van der Waals surface area contributed by atoms with Crippen molar-refractivity contribution in [3.63, 3.8) is 0 Å². The van der Waals surface area contributed by atoms with Gasteiger partial charge in [0.05, 0.1) is 6.61 Å². The average Bonchev–Trinajstić information content (AvgIpc) is 2.50. The summed E-state index contributed by atoms with van der Waals surface area (Å²) in [6.07, 6.45) is 2.20. The van der Waals surface area contributed by atoms with Crippen LogP contribution in [-0.2, 0) is 4.79 Å². The van der Waals surface area contributed by atoms with Gasteiger partial charge in [-0.2, -0.15) is 15.0 Å². The Balaban J connectivity index is 2.68. The van der Waals surface area contributed by atoms with E-state index in [1.807, 2.05) is 6.92 Å². The zero-order chi connectivity index (χ0) is 15.5. The second-order valence-electron chi connectivity index (χ2n) is 4.39. The third kappa shape index (κ3) is 6.73. The molecule has 0 spiro atoms. The summed E-state index contributed by atoms with van der Waals surface area (Å²) in [7, 11) is 1.61. The molecule has 1 aromatic rings. The van der Waals surface area contributed by atoms with Crippen molar-refractivity contribution in [3.8, 4) is 6.01 Å². The molecule has 0 unspecified atom stereocenters. The molecule has 0 saturated heterocycles. The van der Waals surface area contributed by atoms with Gasteiger partial charge in [-0.15, -0.1) is 0 Å². The highest BCUT2D eigenvalue weighted by Crippen LogP contribution is 2.11. The molecule has 0 radical (unpaired) electrons. The zero-order valence-corrected chi connectivity index (χ0v) is 12.9. The molecule has 0 aliphatic carbocycles. The summed E-state index contributed by atoms with van der Waals surface area (Å²) in [4.78, 5) is 23.8. The SMILES string of the molecule is CCCNc1nc(NCCC(=O)NC)nc(OCCC)n1. The Bertz CT molecular complexity index is 414. The van der Waals surface area contributed by atoms with Crippen molar-refractivity contribution in [1.82, 2.24) is 20.3 Å². The number of carbonyl (C=O) groups excluding carboxylic acids is 1. The summed E-state index contributed by atoms with van der Waals surface area (Å²) in [5, 5.41) is 8.66. The Kier molecular flexibility index (Phi) is 7.85. The zero-order valence-electron chi connectivity index (χ0n) is 12.9. The molecule has 0 atom stereocenters. The van der Waals surface area contributed by atoms with Crippen LogP contribution in [0.15, 0.2) is 0 Å². The van der Waals surface area contributed by atoms with Crippen molar-refractivity contribution in [2.75, 3.05) is 37.4 Å². The highest BCUT2D eigenvalue weighted by molar-refractivity contribution is 5.75. The van der Waals surface area contributed by atoms with E-state index in [9.17, 15) is 4.79 Å². The van der Waals surface area contributed by atoms with E-state index in [2.05, 4.69) is 37.8 Å². The number of hydrogen-bond acceptors (Lipinski definition) is 7. The summed E-state index contributed by atoms with van der Waals surface area (Å²) < 4.78 is 5.44. The Morgan fingerprint density at radius 2 is 1.71 bits per heavy atom. The molecule has 8 nitrogen and oxygen atoms in total. The van der Waals surface area contributed by atoms with Crippen molar-refractivity contribution in [2.24, 2.45) is 0 Å². The van der Waals surface area contributed by atoms with Gasteiger partial charge in [0.25, 0.3) is 0 Å². The van der Waals surface area contributed by atoms with Crippen LogP contribution in [0.3, 0.4) is 0 Å². The van der Waals surface area contributed by atoms with Gasteiger partial charge >= 0.3 is 6.01 Å². The molecule has 0 bridgehead atoms. The van der Waals surface area contributed by atoms with Crippen LogP contribution in [0.5, 0.6) is 6.01 Å². The number of nitrogens with zero attached hydrogens (tertiary/aromatic N) is 3. The second-order valence-corrected chi connectivity index (χ2v) is 4.39. The third-order valence-corrected chi connectivity index (χ3v) is 2.50. The van der Waals surface area contributed by atoms with E-state index >= 15 is 0 Å². The van der Waals surface area contributed by atoms with Crippen LogP contribution in [0, 0.1) is 0 Å². The lowest BCUT2D eigenvalue weighted by atomic mass is 10.4. The fourth-order valence-corrected chi connectivity index (χ4v) is 1.42. The third-order valence-electron chi connectivity index (χ3n) is 2.50. The van der Waals surface area contributed by atoms with Gasteiger partial charge in [0.2, 0.25) is 17.8 Å². The minimum Gasteiger partial charge on any atom is -0.463 e. The molecule has 0 aromatic carbocycles. The van der Waals surface area contributed by atoms with E-state index < -0.39 is 0 Å². The highest BCUT2D eigenvalue weighted by atomic mass is 16.5. The van der Waals surface area contributed by atoms with Crippen molar-refractivity contribution in [3.05, 3.63) is 0 Å². The van der Waals surface area contributed by atoms with E-state index in [1.54, 1.807) is 7.05 Å². The van der Waals surface area contributed by atoms with E-state index in [0.717, 1.165) is 19.4 Å². The first-order valence-corrected chi connectivity index (χ1v) is 7.26. The molecule has 0 saturated carbocycles. The Morgan fingerprint density at radius 1 is 1.05 bits per heavy atom. The van der Waals surface area contributed by atoms with Crippen molar-refractivity contribution >= 4 is 17.8 Å². The Labute approximate surface area is 125 Å². The number of hydrogen-bond donors (Lipinski definition) is 3. The Hall–Kier alpha value is -2.12. The van der Waals surface area contributed by atoms with Crippen molar-refractivity contribution < 1.29 is 9.53 Å². The Morgan fingerprint density at radius 3 is 2.29 bits per heavy atom. The molecule has 0 fully saturated rings. The summed E-state index contributed by atoms with van der Waals surface area (Å²) >= 11 is 0. The maximum atomic E-state index is 11.2. The van der Waals surface area contributed by atoms with Gasteiger partial charge < -0.3 is 20.7 Å². The first-order valence-electron chi connectivity index (χ1n) is 7.26. The number of anilines is 2. The lowest BCUT2D eigenvalue weighted by Gasteiger charge is -2.10. The molecule has 1 rings (SSSR count). The standard InChI is InChI=1S/C13H24N6O2/c1-4-7-15-11-17-12(16-8-6-10(20)14-3)19-13(18-11)21-9-5-2/h4-9H2,1-3H3,(H,14,20)(H2,15,16,17,18,19). The summed E-state index contributed by atoms with van der Waals surface area (Å²) in [6, 6.07) is 0.285. The molecule has 3 N–H and O–H groups in total. The quantitative estimate of drug-likeness (QED) is 0.592. The van der Waals surface area contributed by atoms with E-state index in [0.29, 0.717) is 31.5 Å². The summed E-state index contributed by atoms with van der Waals surface area (Å²) in [6.45, 7) is 5.85. The summed E-state index contributed by atoms with van der Waals surface area (Å²) in [5.41, 5.74) is 0. The molecule has 118 valence electrons. The molecular formula is C13H24N6O2. The smallest absolute Gasteiger partial charge is 0.323 e. The van der Waals surface area contributed by atoms with Crippen LogP contribution in [0.1, 0.15) is 33.1 Å². The monoisotopic (exact) mass is 296 g/mol. The maximum absolute atomic E-state index is 11.2. The molecule has 1 heterocycles. The van der Waals surface area contributed by atoms with E-state index in [-0.39, 0.29) is 11.9 Å². The second kappa shape index (κ2) is 9.73. The van der Waals surface area contributed by atoms with Gasteiger partial charge in [-0.05, 0) is 12.8 Å². The number of amides is 1. The molecule has 8 heteroatoms. The van der Waals surface area contributed by atoms with Crippen LogP contribution >= 0.6 is 0 Å². The number of carbonyl (C=O) groups is 1. The van der Waals surface area contributed by atoms with Crippen molar-refractivity contribution in [2.45, 2.75) is 33.1 Å². The van der Waals surface area contributed by atoms with Crippen LogP contribution < -0.4 is 20.7 Å². The van der Waals surface area contributed by atoms with Gasteiger partial charge in [-0.3, -0.25) is 4.79 Å². The molecule has 1 amide bonds. The first kappa shape index (κ1) is 16.9. The van der Waals surface area contributed by atoms with Crippen molar-refractivity contribution in [1.29, 1.82) is 0 Å². The predicted molar refractivity (Wildman–Crippen MR) is 81.6 cm³/mol. The van der Waals surface area contributed by atoms with Gasteiger partial charge in [-0.1, -0.05) is 13.8 Å². The molecule has 21 heavy (non-hydrogen) atoms. The number of ether oxygens (including phenoxy) is 1. The first-order chi connectivity index (χ1) is 10.2. The lowest BCUT2D eigenvalue weighted by molar-refractivity contribution is -0.120. The van der Waals surface area contributed by atoms with E-state index in [4.69, 9.17) is 4.74 Å². The topological polar surface area (TPSA) is 101 Å². The summed E-state index contributed by atoms with van der Waals surface area (Å²) in [5.74, 6) is 0.836. The molecule has 1 aromatic heterocycles. The van der Waals surface area contributed by atoms with Crippen LogP contribution in [-0.4, -0.2) is 47.6 Å². The number of nitrogens with one attached hydrogen (secondary N) is 3. The largest absolute Gasteiger partial charge is 0.463 e. The van der Waals surface area contributed by atoms with E-state index in [1.165, 1.54) is 0 Å². The van der Waals surface area contributed by atoms with Gasteiger partial charge in [0, 0.05) is 26.6 Å². The minimum atomic E-state index is -0.0386. The minimum absolute atomic E-state index is 0.0386. The van der Waals surface area contributed by atoms with Crippen LogP contribution in [0.25, 0.3) is 0 Å². The highest BCUT2D eigenvalue weighted by Gasteiger charge is 2.07. The van der Waals surface area contributed by atoms with Gasteiger partial charge in [0.1, 0.15) is 0 Å². The fraction of sp³-hybridized carbons (Fsp3) is 0.692. The lowest BCUT2D eigenvalue weighted by Crippen LogP contribution is -2.21. The molecule has 0 aliphatic heterocycles. The average molecular weight is 296 g/mol. The molecule has 0 aliphatic rings. The van der Waals surface area contributed by atoms with Crippen LogP contribution in [0.2, 0.25) is 0 Å². The predicted octanol–water partition coefficient (Wildman–Crippen LogP) is 1.03.